The van der Waals surface area contributed by atoms with Gasteiger partial charge in [-0.1, -0.05) is 22.8 Å². The van der Waals surface area contributed by atoms with E-state index in [0.717, 1.165) is 16.2 Å². The van der Waals surface area contributed by atoms with Gasteiger partial charge >= 0.3 is 5.97 Å². The van der Waals surface area contributed by atoms with Crippen molar-refractivity contribution in [3.05, 3.63) is 22.3 Å². The van der Waals surface area contributed by atoms with Crippen molar-refractivity contribution in [1.82, 2.24) is 35.4 Å². The number of tetrazole rings is 1. The molecule has 4 rings (SSSR count). The topological polar surface area (TPSA) is 211 Å². The Morgan fingerprint density at radius 3 is 2.95 bits per heavy atom. The predicted octanol–water partition coefficient (Wildman–Crippen LogP) is -1.41. The van der Waals surface area contributed by atoms with Crippen LogP contribution in [0.4, 0.5) is 5.13 Å². The number of nitrogens with two attached hydrogens (primary N) is 1. The van der Waals surface area contributed by atoms with Crippen LogP contribution in [0, 0.1) is 12.3 Å². The highest BCUT2D eigenvalue weighted by Crippen LogP contribution is 2.41. The van der Waals surface area contributed by atoms with E-state index in [9.17, 15) is 19.5 Å². The maximum Gasteiger partial charge on any atom is 0.352 e. The number of thioether (sulfide) groups is 2. The molecule has 2 amide bonds. The summed E-state index contributed by atoms with van der Waals surface area (Å²) in [5.74, 6) is 0.125. The van der Waals surface area contributed by atoms with Gasteiger partial charge in [0.1, 0.15) is 22.8 Å². The van der Waals surface area contributed by atoms with Crippen LogP contribution in [-0.4, -0.2) is 99.9 Å². The number of aliphatic carboxylic acids is 1. The van der Waals surface area contributed by atoms with E-state index in [0.29, 0.717) is 16.5 Å². The van der Waals surface area contributed by atoms with Crippen molar-refractivity contribution in [3.8, 4) is 12.3 Å². The molecule has 2 aliphatic heterocycles. The average molecular weight is 566 g/mol. The number of nitrogen functional groups attached to an aromatic ring is 1. The second-order valence-electron chi connectivity index (χ2n) is 7.30. The Kier molecular flexibility index (Phi) is 8.27. The predicted molar refractivity (Wildman–Crippen MR) is 133 cm³/mol. The van der Waals surface area contributed by atoms with Gasteiger partial charge in [-0.25, -0.2) is 14.5 Å². The smallest absolute Gasteiger partial charge is 0.352 e. The highest BCUT2D eigenvalue weighted by molar-refractivity contribution is 8.01. The van der Waals surface area contributed by atoms with Gasteiger partial charge in [0.15, 0.2) is 17.5 Å². The summed E-state index contributed by atoms with van der Waals surface area (Å²) in [6, 6.07) is -0.994. The molecule has 37 heavy (non-hydrogen) atoms. The van der Waals surface area contributed by atoms with E-state index in [-0.39, 0.29) is 47.7 Å². The van der Waals surface area contributed by atoms with Crippen LogP contribution >= 0.6 is 34.9 Å². The van der Waals surface area contributed by atoms with E-state index in [1.165, 1.54) is 33.6 Å². The molecule has 194 valence electrons. The Bertz CT molecular complexity index is 1320. The third-order valence-electron chi connectivity index (χ3n) is 5.01. The van der Waals surface area contributed by atoms with E-state index in [1.807, 2.05) is 0 Å². The number of amides is 2. The molecule has 2 atom stereocenters. The highest BCUT2D eigenvalue weighted by atomic mass is 32.2. The van der Waals surface area contributed by atoms with E-state index in [1.54, 1.807) is 0 Å². The molecule has 1 unspecified atom stereocenters. The number of aromatic nitrogens is 5. The van der Waals surface area contributed by atoms with Gasteiger partial charge in [0, 0.05) is 16.9 Å². The number of β-lactam (4-membered cyclic amide) rings is 1. The summed E-state index contributed by atoms with van der Waals surface area (Å²) in [6.45, 7) is -0.159. The van der Waals surface area contributed by atoms with Gasteiger partial charge in [0.25, 0.3) is 11.8 Å². The second kappa shape index (κ2) is 11.6. The maximum absolute atomic E-state index is 13.0. The van der Waals surface area contributed by atoms with Crippen molar-refractivity contribution in [1.29, 1.82) is 0 Å². The first-order valence-corrected chi connectivity index (χ1v) is 13.3. The lowest BCUT2D eigenvalue weighted by Crippen LogP contribution is -2.71. The van der Waals surface area contributed by atoms with Crippen LogP contribution in [0.3, 0.4) is 0 Å². The number of hydrogen-bond donors (Lipinski definition) is 4. The molecule has 5 N–H and O–H groups in total. The van der Waals surface area contributed by atoms with E-state index in [4.69, 9.17) is 22.1 Å². The number of nitrogens with zero attached hydrogens (tertiary/aromatic N) is 7. The Morgan fingerprint density at radius 2 is 2.27 bits per heavy atom. The second-order valence-corrected chi connectivity index (χ2v) is 10.2. The number of anilines is 1. The number of carbonyl (C=O) groups is 3. The quantitative estimate of drug-likeness (QED) is 0.0617. The summed E-state index contributed by atoms with van der Waals surface area (Å²) in [7, 11) is 0. The molecule has 1 saturated heterocycles. The molecule has 18 heteroatoms. The fraction of sp³-hybridized carbons (Fsp3) is 0.368. The molecule has 0 radical (unpaired) electrons. The maximum atomic E-state index is 13.0. The van der Waals surface area contributed by atoms with Gasteiger partial charge in [0.2, 0.25) is 5.16 Å². The number of aliphatic hydroxyl groups excluding tert-OH is 1. The van der Waals surface area contributed by atoms with E-state index < -0.39 is 29.2 Å². The van der Waals surface area contributed by atoms with Crippen LogP contribution in [-0.2, 0) is 25.8 Å². The third kappa shape index (κ3) is 5.53. The fourth-order valence-electron chi connectivity index (χ4n) is 3.43. The van der Waals surface area contributed by atoms with Crippen LogP contribution in [0.1, 0.15) is 5.69 Å². The summed E-state index contributed by atoms with van der Waals surface area (Å²) in [5.41, 5.74) is 5.93. The minimum atomic E-state index is -1.27. The molecule has 0 aliphatic carbocycles. The highest BCUT2D eigenvalue weighted by Gasteiger charge is 2.54. The zero-order chi connectivity index (χ0) is 26.5. The molecule has 15 nitrogen and oxygen atoms in total. The third-order valence-corrected chi connectivity index (χ3v) is 8.06. The zero-order valence-corrected chi connectivity index (χ0v) is 21.3. The fourth-order valence-corrected chi connectivity index (χ4v) is 6.36. The van der Waals surface area contributed by atoms with Crippen LogP contribution in [0.2, 0.25) is 0 Å². The summed E-state index contributed by atoms with van der Waals surface area (Å²) in [4.78, 5) is 48.2. The van der Waals surface area contributed by atoms with Crippen LogP contribution in [0.25, 0.3) is 0 Å². The van der Waals surface area contributed by atoms with Gasteiger partial charge < -0.3 is 26.1 Å². The Balaban J connectivity index is 1.48. The van der Waals surface area contributed by atoms with Crippen molar-refractivity contribution in [2.24, 2.45) is 5.16 Å². The molecule has 0 bridgehead atoms. The monoisotopic (exact) mass is 565 g/mol. The van der Waals surface area contributed by atoms with Crippen molar-refractivity contribution in [2.75, 3.05) is 30.5 Å². The number of carboxylic acids is 1. The Labute approximate surface area is 221 Å². The molecular formula is C19H19N9O6S3. The normalized spacial score (nSPS) is 19.2. The summed E-state index contributed by atoms with van der Waals surface area (Å²) in [5, 5.41) is 38.0. The number of aliphatic hydroxyl groups is 1. The lowest BCUT2D eigenvalue weighted by Gasteiger charge is -2.49. The number of oxime groups is 1. The lowest BCUT2D eigenvalue weighted by atomic mass is 10.0. The first-order chi connectivity index (χ1) is 17.8. The number of carbonyl (C=O) groups excluding carboxylic acids is 2. The van der Waals surface area contributed by atoms with Gasteiger partial charge in [-0.05, 0) is 16.0 Å². The lowest BCUT2D eigenvalue weighted by molar-refractivity contribution is -0.150. The van der Waals surface area contributed by atoms with Gasteiger partial charge in [-0.15, -0.1) is 34.6 Å². The van der Waals surface area contributed by atoms with Crippen molar-refractivity contribution >= 4 is 63.5 Å². The Morgan fingerprint density at radius 1 is 1.46 bits per heavy atom. The first-order valence-electron chi connectivity index (χ1n) is 10.4. The van der Waals surface area contributed by atoms with Gasteiger partial charge in [0.05, 0.1) is 13.2 Å². The van der Waals surface area contributed by atoms with Gasteiger partial charge in [-0.3, -0.25) is 14.5 Å². The van der Waals surface area contributed by atoms with Crippen LogP contribution in [0.5, 0.6) is 0 Å². The minimum Gasteiger partial charge on any atom is -0.477 e. The SMILES string of the molecule is C#CCON=C(C(=O)NC1C(=O)N2C(C(=O)O)=C(CSc3nnnn3CCO)CS[C@H]12)c1csc(N)n1. The molecule has 2 aromatic rings. The summed E-state index contributed by atoms with van der Waals surface area (Å²) in [6.07, 6.45) is 5.15. The van der Waals surface area contributed by atoms with Gasteiger partial charge in [-0.2, -0.15) is 0 Å². The average Bonchev–Trinajstić information content (AvgIpc) is 3.51. The van der Waals surface area contributed by atoms with Crippen LogP contribution < -0.4 is 11.1 Å². The summed E-state index contributed by atoms with van der Waals surface area (Å²) >= 11 is 3.58. The van der Waals surface area contributed by atoms with Crippen molar-refractivity contribution in [3.63, 3.8) is 0 Å². The number of thiazole rings is 1. The number of fused-ring (bicyclic) bond motifs is 1. The van der Waals surface area contributed by atoms with Crippen molar-refractivity contribution < 1.29 is 29.4 Å². The molecule has 1 fully saturated rings. The molecule has 4 heterocycles. The number of nitrogens with one attached hydrogen (secondary N) is 1. The first kappa shape index (κ1) is 26.4. The van der Waals surface area contributed by atoms with Crippen LogP contribution in [0.15, 0.2) is 27.0 Å². The van der Waals surface area contributed by atoms with Crippen molar-refractivity contribution in [2.45, 2.75) is 23.1 Å². The number of hydrogen-bond acceptors (Lipinski definition) is 14. The largest absolute Gasteiger partial charge is 0.477 e. The molecular weight excluding hydrogens is 546 g/mol. The van der Waals surface area contributed by atoms with E-state index in [2.05, 4.69) is 36.9 Å². The standard InChI is InChI=1S/C19H19N9O6S3/c1-2-5-34-24-11(10-8-36-18(20)21-10)14(30)22-12-15(31)28-13(17(32)33)9(6-35-16(12)28)7-37-19-23-25-26-27(19)3-4-29/h1,8,12,16,29H,3-7H2,(H2,20,21)(H,22,30)(H,32,33)/t12?,16-/m1/s1. The Hall–Kier alpha value is -3.66. The summed E-state index contributed by atoms with van der Waals surface area (Å²) < 4.78 is 1.40. The molecule has 0 spiro atoms. The molecule has 2 aliphatic rings. The molecule has 0 aromatic carbocycles. The van der Waals surface area contributed by atoms with E-state index >= 15 is 0 Å². The minimum absolute atomic E-state index is 0.144. The number of terminal acetylenes is 1. The zero-order valence-electron chi connectivity index (χ0n) is 18.8. The molecule has 0 saturated carbocycles. The number of carboxylic acid groups (broad SMARTS) is 1. The molecule has 2 aromatic heterocycles. The number of rotatable bonds is 11.